The Bertz CT molecular complexity index is 2570. The summed E-state index contributed by atoms with van der Waals surface area (Å²) >= 11 is 0. The summed E-state index contributed by atoms with van der Waals surface area (Å²) in [5.74, 6) is -3.24. The number of amides is 3. The van der Waals surface area contributed by atoms with Crippen LogP contribution in [0.15, 0.2) is 76.6 Å². The van der Waals surface area contributed by atoms with Crippen LogP contribution in [0.25, 0.3) is 0 Å². The molecule has 394 valence electrons. The SMILES string of the molecule is CCN(CCON(C(=O)CCCCCCNc1c(Nc2ccncc2)c(=O)c1=O)C1CCCCC1)C(=O)c1cccc(CC(=O)OCc2ccc(O[C@@H]3O[C@H](C(=O)O)[C@@H](O)[C@H](O)[C@H]3O)c(NC(=O)CCN)c2)c1. The number of pyridine rings is 1. The molecule has 2 heterocycles. The highest BCUT2D eigenvalue weighted by Crippen LogP contribution is 2.32. The number of benzene rings is 2. The van der Waals surface area contributed by atoms with E-state index in [1.165, 1.54) is 23.3 Å². The number of aliphatic carboxylic acids is 1. The number of hydrogen-bond donors (Lipinski definition) is 8. The van der Waals surface area contributed by atoms with E-state index < -0.39 is 59.4 Å². The third-order valence-electron chi connectivity index (χ3n) is 12.6. The van der Waals surface area contributed by atoms with Crippen molar-refractivity contribution in [2.75, 3.05) is 48.7 Å². The Kier molecular flexibility index (Phi) is 20.7. The van der Waals surface area contributed by atoms with Crippen molar-refractivity contribution < 1.29 is 63.4 Å². The van der Waals surface area contributed by atoms with Gasteiger partial charge < -0.3 is 61.2 Å². The number of carboxylic acid groups (broad SMARTS) is 1. The van der Waals surface area contributed by atoms with E-state index in [0.717, 1.165) is 51.4 Å². The number of aromatic nitrogens is 1. The van der Waals surface area contributed by atoms with E-state index in [0.29, 0.717) is 48.3 Å². The van der Waals surface area contributed by atoms with E-state index in [1.807, 2.05) is 6.92 Å². The predicted octanol–water partition coefficient (Wildman–Crippen LogP) is 2.88. The van der Waals surface area contributed by atoms with Crippen molar-refractivity contribution in [2.24, 2.45) is 5.73 Å². The Morgan fingerprint density at radius 2 is 1.59 bits per heavy atom. The van der Waals surface area contributed by atoms with Crippen LogP contribution in [0.2, 0.25) is 0 Å². The van der Waals surface area contributed by atoms with Gasteiger partial charge in [-0.05, 0) is 80.1 Å². The summed E-state index contributed by atoms with van der Waals surface area (Å²) in [5.41, 5.74) is 6.86. The number of hydrogen-bond acceptors (Lipinski definition) is 18. The number of nitrogens with zero attached hydrogens (tertiary/aromatic N) is 3. The van der Waals surface area contributed by atoms with Gasteiger partial charge in [-0.2, -0.15) is 0 Å². The molecule has 3 amide bonds. The van der Waals surface area contributed by atoms with E-state index in [-0.39, 0.29) is 79.8 Å². The van der Waals surface area contributed by atoms with Crippen molar-refractivity contribution in [3.05, 3.63) is 104 Å². The van der Waals surface area contributed by atoms with Crippen molar-refractivity contribution >= 4 is 52.4 Å². The second-order valence-corrected chi connectivity index (χ2v) is 17.9. The molecule has 0 radical (unpaired) electrons. The van der Waals surface area contributed by atoms with E-state index in [1.54, 1.807) is 53.7 Å². The topological polar surface area (TPSA) is 319 Å². The Hall–Kier alpha value is -6.82. The molecule has 5 atom stereocenters. The maximum absolute atomic E-state index is 13.8. The third-order valence-corrected chi connectivity index (χ3v) is 12.6. The molecule has 0 spiro atoms. The van der Waals surface area contributed by atoms with E-state index in [9.17, 15) is 54.0 Å². The van der Waals surface area contributed by atoms with Gasteiger partial charge in [0.25, 0.3) is 16.8 Å². The molecule has 4 aromatic rings. The molecular formula is C51H65N7O15. The largest absolute Gasteiger partial charge is 0.479 e. The van der Waals surface area contributed by atoms with Gasteiger partial charge in [-0.25, -0.2) is 9.86 Å². The highest BCUT2D eigenvalue weighted by Gasteiger charge is 2.48. The number of likely N-dealkylation sites (N-methyl/N-ethyl adjacent to an activating group) is 1. The minimum Gasteiger partial charge on any atom is -0.479 e. The second-order valence-electron chi connectivity index (χ2n) is 17.9. The fourth-order valence-electron chi connectivity index (χ4n) is 8.55. The molecule has 1 aliphatic carbocycles. The van der Waals surface area contributed by atoms with Crippen molar-refractivity contribution in [1.29, 1.82) is 0 Å². The molecule has 22 heteroatoms. The first-order valence-electron chi connectivity index (χ1n) is 24.6. The van der Waals surface area contributed by atoms with Gasteiger partial charge >= 0.3 is 11.9 Å². The summed E-state index contributed by atoms with van der Waals surface area (Å²) in [5, 5.41) is 50.3. The number of carbonyl (C=O) groups is 5. The van der Waals surface area contributed by atoms with Crippen molar-refractivity contribution in [2.45, 2.75) is 127 Å². The van der Waals surface area contributed by atoms with Gasteiger partial charge in [-0.3, -0.25) is 38.6 Å². The molecule has 1 saturated carbocycles. The summed E-state index contributed by atoms with van der Waals surface area (Å²) in [4.78, 5) is 101. The fourth-order valence-corrected chi connectivity index (χ4v) is 8.55. The summed E-state index contributed by atoms with van der Waals surface area (Å²) in [6.07, 6.45) is 1.49. The minimum absolute atomic E-state index is 0.0175. The number of carbonyl (C=O) groups excluding carboxylic acids is 4. The Labute approximate surface area is 421 Å². The van der Waals surface area contributed by atoms with Crippen LogP contribution in [0.1, 0.15) is 99.0 Å². The minimum atomic E-state index is -1.94. The molecule has 0 bridgehead atoms. The Morgan fingerprint density at radius 1 is 0.849 bits per heavy atom. The number of unbranched alkanes of at least 4 members (excludes halogenated alkanes) is 3. The molecule has 6 rings (SSSR count). The summed E-state index contributed by atoms with van der Waals surface area (Å²) in [6.45, 7) is 2.75. The quantitative estimate of drug-likeness (QED) is 0.0184. The lowest BCUT2D eigenvalue weighted by Gasteiger charge is -2.38. The lowest BCUT2D eigenvalue weighted by molar-refractivity contribution is -0.271. The number of rotatable bonds is 27. The van der Waals surface area contributed by atoms with Crippen molar-refractivity contribution in [1.82, 2.24) is 14.9 Å². The van der Waals surface area contributed by atoms with E-state index in [2.05, 4.69) is 20.9 Å². The number of nitrogens with one attached hydrogen (secondary N) is 3. The number of nitrogens with two attached hydrogens (primary N) is 1. The molecule has 2 aliphatic rings. The molecule has 1 saturated heterocycles. The first kappa shape index (κ1) is 55.5. The number of aliphatic hydroxyl groups is 3. The number of aliphatic hydroxyl groups excluding tert-OH is 3. The molecule has 1 aromatic heterocycles. The van der Waals surface area contributed by atoms with Gasteiger partial charge in [0.1, 0.15) is 42.0 Å². The summed E-state index contributed by atoms with van der Waals surface area (Å²) < 4.78 is 16.4. The van der Waals surface area contributed by atoms with Crippen LogP contribution >= 0.6 is 0 Å². The predicted molar refractivity (Wildman–Crippen MR) is 265 cm³/mol. The van der Waals surface area contributed by atoms with Crippen LogP contribution in [0.5, 0.6) is 5.75 Å². The number of carboxylic acids is 1. The first-order chi connectivity index (χ1) is 35.2. The zero-order valence-corrected chi connectivity index (χ0v) is 40.7. The number of esters is 1. The molecule has 2 fully saturated rings. The standard InChI is InChI=1S/C51H65N7O15/c1-2-57(25-26-71-58(35-13-6-5-7-14-35)39(60)15-8-3-4-9-22-54-41-42(44(63)43(41)62)55-34-19-23-53-24-20-34)49(67)33-12-10-11-31(27-33)29-40(61)70-30-32-16-17-37(36(28-32)56-38(59)18-21-52)72-51-47(66)45(64)46(65)48(73-51)50(68)69/h10-12,16-17,19-20,23-24,27-28,35,45-48,51,54,64-66H,2-9,13-15,18,21-22,25-26,29-30,52H2,1H3,(H,53,55)(H,56,59)(H,68,69)/t45-,46-,47+,48-,51+/m0/s1. The number of ether oxygens (including phenoxy) is 3. The van der Waals surface area contributed by atoms with Crippen LogP contribution in [-0.4, -0.2) is 135 Å². The molecule has 1 aliphatic heterocycles. The lowest BCUT2D eigenvalue weighted by Crippen LogP contribution is -2.61. The molecule has 73 heavy (non-hydrogen) atoms. The molecule has 22 nitrogen and oxygen atoms in total. The van der Waals surface area contributed by atoms with Crippen LogP contribution < -0.4 is 37.3 Å². The average Bonchev–Trinajstić information content (AvgIpc) is 3.39. The van der Waals surface area contributed by atoms with Crippen LogP contribution in [-0.2, 0) is 46.5 Å². The molecule has 0 unspecified atom stereocenters. The van der Waals surface area contributed by atoms with Gasteiger partial charge in [0.05, 0.1) is 24.8 Å². The number of hydroxylamine groups is 2. The summed E-state index contributed by atoms with van der Waals surface area (Å²) in [6, 6.07) is 14.2. The zero-order valence-electron chi connectivity index (χ0n) is 40.7. The Morgan fingerprint density at radius 3 is 2.32 bits per heavy atom. The monoisotopic (exact) mass is 1020 g/mol. The van der Waals surface area contributed by atoms with Gasteiger partial charge in [0.15, 0.2) is 6.10 Å². The zero-order chi connectivity index (χ0) is 52.4. The molecular weight excluding hydrogens is 951 g/mol. The van der Waals surface area contributed by atoms with Gasteiger partial charge in [-0.15, -0.1) is 0 Å². The highest BCUT2D eigenvalue weighted by atomic mass is 16.7. The van der Waals surface area contributed by atoms with Crippen LogP contribution in [0.4, 0.5) is 22.7 Å². The highest BCUT2D eigenvalue weighted by molar-refractivity contribution is 5.95. The van der Waals surface area contributed by atoms with Gasteiger partial charge in [0.2, 0.25) is 18.1 Å². The van der Waals surface area contributed by atoms with E-state index >= 15 is 0 Å². The average molecular weight is 1020 g/mol. The second kappa shape index (κ2) is 27.3. The first-order valence-corrected chi connectivity index (χ1v) is 24.6. The van der Waals surface area contributed by atoms with Gasteiger partial charge in [-0.1, -0.05) is 50.3 Å². The normalized spacial score (nSPS) is 18.9. The van der Waals surface area contributed by atoms with Crippen molar-refractivity contribution in [3.8, 4) is 5.75 Å². The van der Waals surface area contributed by atoms with E-state index in [4.69, 9.17) is 24.8 Å². The van der Waals surface area contributed by atoms with Crippen LogP contribution in [0.3, 0.4) is 0 Å². The third kappa shape index (κ3) is 15.4. The van der Waals surface area contributed by atoms with Crippen molar-refractivity contribution in [3.63, 3.8) is 0 Å². The molecule has 9 N–H and O–H groups in total. The maximum Gasteiger partial charge on any atom is 0.335 e. The molecule has 3 aromatic carbocycles. The number of anilines is 4. The van der Waals surface area contributed by atoms with Gasteiger partial charge in [0, 0.05) is 62.7 Å². The smallest absolute Gasteiger partial charge is 0.335 e. The fraction of sp³-hybridized carbons (Fsp3) is 0.490. The van der Waals surface area contributed by atoms with Crippen LogP contribution in [0, 0.1) is 0 Å². The summed E-state index contributed by atoms with van der Waals surface area (Å²) in [7, 11) is 0. The maximum atomic E-state index is 13.8. The Balaban J connectivity index is 0.965. The lowest BCUT2D eigenvalue weighted by atomic mass is 9.95.